The van der Waals surface area contributed by atoms with Crippen LogP contribution >= 0.6 is 0 Å². The third-order valence-corrected chi connectivity index (χ3v) is 3.37. The smallest absolute Gasteiger partial charge is 0.262 e. The normalized spacial score (nSPS) is 10.9. The van der Waals surface area contributed by atoms with E-state index in [-0.39, 0.29) is 0 Å². The zero-order valence-corrected chi connectivity index (χ0v) is 13.3. The second-order valence-corrected chi connectivity index (χ2v) is 5.44. The van der Waals surface area contributed by atoms with Crippen LogP contribution in [-0.2, 0) is 0 Å². The monoisotopic (exact) mass is 309 g/mol. The Morgan fingerprint density at radius 1 is 1.00 bits per heavy atom. The van der Waals surface area contributed by atoms with Gasteiger partial charge < -0.3 is 14.2 Å². The summed E-state index contributed by atoms with van der Waals surface area (Å²) in [4.78, 5) is 6.56. The van der Waals surface area contributed by atoms with E-state index >= 15 is 0 Å². The van der Waals surface area contributed by atoms with Gasteiger partial charge in [-0.05, 0) is 26.2 Å². The van der Waals surface area contributed by atoms with Crippen molar-refractivity contribution in [2.75, 3.05) is 27.2 Å². The Hall–Kier alpha value is -2.66. The summed E-state index contributed by atoms with van der Waals surface area (Å²) >= 11 is 0. The highest BCUT2D eigenvalue weighted by molar-refractivity contribution is 5.65. The van der Waals surface area contributed by atoms with Crippen molar-refractivity contribution in [1.29, 1.82) is 0 Å². The fourth-order valence-electron chi connectivity index (χ4n) is 2.14. The second-order valence-electron chi connectivity index (χ2n) is 5.44. The molecule has 0 N–H and O–H groups in total. The number of nitrogens with zero attached hydrogens (tertiary/aromatic N) is 3. The third-order valence-electron chi connectivity index (χ3n) is 3.37. The molecule has 2 aromatic carbocycles. The van der Waals surface area contributed by atoms with Crippen LogP contribution in [0.25, 0.3) is 22.8 Å². The molecule has 0 fully saturated rings. The van der Waals surface area contributed by atoms with E-state index in [1.807, 2.05) is 68.7 Å². The predicted octanol–water partition coefficient (Wildman–Crippen LogP) is 3.34. The van der Waals surface area contributed by atoms with Gasteiger partial charge in [-0.3, -0.25) is 0 Å². The summed E-state index contributed by atoms with van der Waals surface area (Å²) in [6, 6.07) is 17.5. The Morgan fingerprint density at radius 3 is 2.52 bits per heavy atom. The Morgan fingerprint density at radius 2 is 1.74 bits per heavy atom. The Labute approximate surface area is 135 Å². The Bertz CT molecular complexity index is 754. The quantitative estimate of drug-likeness (QED) is 0.699. The summed E-state index contributed by atoms with van der Waals surface area (Å²) in [6.45, 7) is 1.44. The minimum absolute atomic E-state index is 0.462. The molecule has 1 aromatic heterocycles. The first-order chi connectivity index (χ1) is 11.2. The highest BCUT2D eigenvalue weighted by Gasteiger charge is 2.14. The molecule has 0 radical (unpaired) electrons. The first-order valence-corrected chi connectivity index (χ1v) is 7.50. The number of hydrogen-bond donors (Lipinski definition) is 0. The molecule has 5 heteroatoms. The number of ether oxygens (including phenoxy) is 1. The van der Waals surface area contributed by atoms with E-state index in [9.17, 15) is 0 Å². The van der Waals surface area contributed by atoms with Gasteiger partial charge in [0.05, 0.1) is 5.56 Å². The molecule has 0 aliphatic heterocycles. The number of likely N-dealkylation sites (N-methyl/N-ethyl adjacent to an activating group) is 1. The van der Waals surface area contributed by atoms with Crippen molar-refractivity contribution < 1.29 is 9.26 Å². The van der Waals surface area contributed by atoms with Crippen molar-refractivity contribution in [2.45, 2.75) is 0 Å². The first kappa shape index (κ1) is 15.2. The van der Waals surface area contributed by atoms with E-state index in [4.69, 9.17) is 9.26 Å². The van der Waals surface area contributed by atoms with Crippen LogP contribution in [0, 0.1) is 0 Å². The summed E-state index contributed by atoms with van der Waals surface area (Å²) in [5.74, 6) is 1.78. The highest BCUT2D eigenvalue weighted by Crippen LogP contribution is 2.30. The Balaban J connectivity index is 1.83. The topological polar surface area (TPSA) is 51.4 Å². The molecule has 0 amide bonds. The summed E-state index contributed by atoms with van der Waals surface area (Å²) in [5.41, 5.74) is 1.73. The zero-order valence-electron chi connectivity index (χ0n) is 13.3. The molecule has 3 aromatic rings. The lowest BCUT2D eigenvalue weighted by Gasteiger charge is -2.12. The lowest BCUT2D eigenvalue weighted by atomic mass is 10.2. The number of aromatic nitrogens is 2. The molecule has 0 spiro atoms. The van der Waals surface area contributed by atoms with Crippen LogP contribution in [0.15, 0.2) is 59.1 Å². The SMILES string of the molecule is CN(C)CCOc1ccccc1-c1nc(-c2ccccc2)no1. The molecular weight excluding hydrogens is 290 g/mol. The van der Waals surface area contributed by atoms with Crippen molar-refractivity contribution >= 4 is 0 Å². The molecule has 118 valence electrons. The van der Waals surface area contributed by atoms with Crippen LogP contribution < -0.4 is 4.74 Å². The van der Waals surface area contributed by atoms with Crippen LogP contribution in [-0.4, -0.2) is 42.3 Å². The van der Waals surface area contributed by atoms with Crippen molar-refractivity contribution in [3.8, 4) is 28.6 Å². The minimum atomic E-state index is 0.462. The maximum Gasteiger partial charge on any atom is 0.262 e. The zero-order chi connectivity index (χ0) is 16.1. The maximum atomic E-state index is 5.85. The molecule has 0 aliphatic rings. The Kier molecular flexibility index (Phi) is 4.68. The van der Waals surface area contributed by atoms with Gasteiger partial charge in [-0.25, -0.2) is 0 Å². The summed E-state index contributed by atoms with van der Waals surface area (Å²) in [7, 11) is 4.03. The molecular formula is C18H19N3O2. The van der Waals surface area contributed by atoms with Crippen LogP contribution in [0.3, 0.4) is 0 Å². The van der Waals surface area contributed by atoms with Crippen LogP contribution in [0.5, 0.6) is 5.75 Å². The minimum Gasteiger partial charge on any atom is -0.491 e. The van der Waals surface area contributed by atoms with Crippen molar-refractivity contribution in [3.05, 3.63) is 54.6 Å². The lowest BCUT2D eigenvalue weighted by molar-refractivity contribution is 0.261. The molecule has 0 unspecified atom stereocenters. The first-order valence-electron chi connectivity index (χ1n) is 7.50. The standard InChI is InChI=1S/C18H19N3O2/c1-21(2)12-13-22-16-11-7-6-10-15(16)18-19-17(20-23-18)14-8-4-3-5-9-14/h3-11H,12-13H2,1-2H3. The average molecular weight is 309 g/mol. The summed E-state index contributed by atoms with van der Waals surface area (Å²) in [5, 5.41) is 4.06. The van der Waals surface area contributed by atoms with Crippen molar-refractivity contribution in [1.82, 2.24) is 15.0 Å². The van der Waals surface area contributed by atoms with E-state index in [0.29, 0.717) is 18.3 Å². The molecule has 0 atom stereocenters. The fourth-order valence-corrected chi connectivity index (χ4v) is 2.14. The van der Waals surface area contributed by atoms with Gasteiger partial charge in [-0.1, -0.05) is 47.6 Å². The molecule has 3 rings (SSSR count). The van der Waals surface area contributed by atoms with Crippen molar-refractivity contribution in [2.24, 2.45) is 0 Å². The largest absolute Gasteiger partial charge is 0.491 e. The van der Waals surface area contributed by atoms with E-state index < -0.39 is 0 Å². The van der Waals surface area contributed by atoms with E-state index in [0.717, 1.165) is 23.4 Å². The molecule has 5 nitrogen and oxygen atoms in total. The molecule has 23 heavy (non-hydrogen) atoms. The van der Waals surface area contributed by atoms with Gasteiger partial charge >= 0.3 is 0 Å². The van der Waals surface area contributed by atoms with Gasteiger partial charge in [-0.15, -0.1) is 0 Å². The maximum absolute atomic E-state index is 5.85. The summed E-state index contributed by atoms with van der Waals surface area (Å²) < 4.78 is 11.3. The van der Waals surface area contributed by atoms with Gasteiger partial charge in [-0.2, -0.15) is 4.98 Å². The molecule has 0 bridgehead atoms. The van der Waals surface area contributed by atoms with E-state index in [1.54, 1.807) is 0 Å². The molecule has 1 heterocycles. The van der Waals surface area contributed by atoms with Crippen LogP contribution in [0.1, 0.15) is 0 Å². The van der Waals surface area contributed by atoms with Gasteiger partial charge in [0.15, 0.2) is 0 Å². The fraction of sp³-hybridized carbons (Fsp3) is 0.222. The van der Waals surface area contributed by atoms with Crippen molar-refractivity contribution in [3.63, 3.8) is 0 Å². The number of para-hydroxylation sites is 1. The van der Waals surface area contributed by atoms with E-state index in [1.165, 1.54) is 0 Å². The van der Waals surface area contributed by atoms with Crippen LogP contribution in [0.2, 0.25) is 0 Å². The molecule has 0 aliphatic carbocycles. The summed E-state index contributed by atoms with van der Waals surface area (Å²) in [6.07, 6.45) is 0. The van der Waals surface area contributed by atoms with E-state index in [2.05, 4.69) is 15.0 Å². The number of rotatable bonds is 6. The van der Waals surface area contributed by atoms with Gasteiger partial charge in [0.1, 0.15) is 12.4 Å². The highest BCUT2D eigenvalue weighted by atomic mass is 16.5. The second kappa shape index (κ2) is 7.07. The van der Waals surface area contributed by atoms with Gasteiger partial charge in [0, 0.05) is 12.1 Å². The lowest BCUT2D eigenvalue weighted by Crippen LogP contribution is -2.19. The predicted molar refractivity (Wildman–Crippen MR) is 89.2 cm³/mol. The molecule has 0 saturated heterocycles. The van der Waals surface area contributed by atoms with Gasteiger partial charge in [0.25, 0.3) is 5.89 Å². The third kappa shape index (κ3) is 3.76. The number of hydrogen-bond acceptors (Lipinski definition) is 5. The van der Waals surface area contributed by atoms with Gasteiger partial charge in [0.2, 0.25) is 5.82 Å². The number of benzene rings is 2. The molecule has 0 saturated carbocycles. The van der Waals surface area contributed by atoms with Crippen LogP contribution in [0.4, 0.5) is 0 Å². The average Bonchev–Trinajstić information content (AvgIpc) is 3.06.